The Labute approximate surface area is 222 Å². The maximum atomic E-state index is 13.6. The molecular weight excluding hydrogens is 490 g/mol. The molecule has 1 saturated heterocycles. The molecule has 3 aromatic carbocycles. The Kier molecular flexibility index (Phi) is 8.37. The molecule has 5 nitrogen and oxygen atoms in total. The molecule has 0 bridgehead atoms. The highest BCUT2D eigenvalue weighted by Gasteiger charge is 2.41. The van der Waals surface area contributed by atoms with Gasteiger partial charge in [-0.1, -0.05) is 79.7 Å². The summed E-state index contributed by atoms with van der Waals surface area (Å²) in [4.78, 5) is 33.3. The lowest BCUT2D eigenvalue weighted by atomic mass is 10.0. The van der Waals surface area contributed by atoms with Gasteiger partial charge in [0.25, 0.3) is 0 Å². The number of nitrogens with one attached hydrogen (secondary N) is 1. The molecule has 0 aromatic heterocycles. The van der Waals surface area contributed by atoms with Gasteiger partial charge in [0.1, 0.15) is 5.25 Å². The fourth-order valence-corrected chi connectivity index (χ4v) is 5.74. The molecule has 2 amide bonds. The number of halogens is 1. The number of fused-ring (bicyclic) bond motifs is 1. The molecular formula is C29H32ClN3O2S. The van der Waals surface area contributed by atoms with E-state index in [1.54, 1.807) is 17.0 Å². The van der Waals surface area contributed by atoms with Gasteiger partial charge in [-0.15, -0.1) is 0 Å². The van der Waals surface area contributed by atoms with E-state index in [9.17, 15) is 9.59 Å². The fourth-order valence-electron chi connectivity index (χ4n) is 4.32. The number of nitrogens with zero attached hydrogens (tertiary/aromatic N) is 2. The summed E-state index contributed by atoms with van der Waals surface area (Å²) in [5, 5.41) is 5.78. The Balaban J connectivity index is 1.60. The summed E-state index contributed by atoms with van der Waals surface area (Å²) in [7, 11) is 0. The molecule has 1 fully saturated rings. The minimum Gasteiger partial charge on any atom is -0.326 e. The average molecular weight is 522 g/mol. The zero-order valence-electron chi connectivity index (χ0n) is 21.1. The van der Waals surface area contributed by atoms with E-state index in [2.05, 4.69) is 38.2 Å². The maximum Gasteiger partial charge on any atom is 0.242 e. The maximum absolute atomic E-state index is 13.6. The van der Waals surface area contributed by atoms with Crippen LogP contribution in [0.5, 0.6) is 0 Å². The Morgan fingerprint density at radius 2 is 1.78 bits per heavy atom. The summed E-state index contributed by atoms with van der Waals surface area (Å²) in [6, 6.07) is 19.5. The number of thioether (sulfide) groups is 1. The normalized spacial score (nSPS) is 17.8. The fraction of sp³-hybridized carbons (Fsp3) is 0.345. The van der Waals surface area contributed by atoms with Crippen LogP contribution in [0.15, 0.2) is 65.7 Å². The number of rotatable bonds is 8. The van der Waals surface area contributed by atoms with Gasteiger partial charge in [-0.25, -0.2) is 4.99 Å². The van der Waals surface area contributed by atoms with Gasteiger partial charge < -0.3 is 5.32 Å². The van der Waals surface area contributed by atoms with Gasteiger partial charge in [0, 0.05) is 28.6 Å². The third-order valence-corrected chi connectivity index (χ3v) is 8.03. The summed E-state index contributed by atoms with van der Waals surface area (Å²) < 4.78 is 0. The second-order valence-corrected chi connectivity index (χ2v) is 11.3. The highest BCUT2D eigenvalue weighted by atomic mass is 35.5. The first-order valence-electron chi connectivity index (χ1n) is 12.4. The molecule has 4 rings (SSSR count). The van der Waals surface area contributed by atoms with E-state index in [0.29, 0.717) is 21.8 Å². The molecule has 36 heavy (non-hydrogen) atoms. The second kappa shape index (κ2) is 11.5. The summed E-state index contributed by atoms with van der Waals surface area (Å²) in [6.07, 6.45) is 1.95. The lowest BCUT2D eigenvalue weighted by Crippen LogP contribution is -2.40. The summed E-state index contributed by atoms with van der Waals surface area (Å²) in [5.74, 6) is 0.263. The number of aliphatic imine (C=N–C) groups is 1. The van der Waals surface area contributed by atoms with Crippen LogP contribution in [0.3, 0.4) is 0 Å². The molecule has 0 aliphatic carbocycles. The van der Waals surface area contributed by atoms with Crippen LogP contribution >= 0.6 is 23.4 Å². The lowest BCUT2D eigenvalue weighted by Gasteiger charge is -2.25. The van der Waals surface area contributed by atoms with E-state index in [-0.39, 0.29) is 24.3 Å². The number of carbonyl (C=O) groups excluding carboxylic acids is 2. The van der Waals surface area contributed by atoms with Crippen molar-refractivity contribution in [2.24, 2.45) is 10.9 Å². The second-order valence-electron chi connectivity index (χ2n) is 9.69. The molecule has 0 spiro atoms. The van der Waals surface area contributed by atoms with Crippen molar-refractivity contribution >= 4 is 62.5 Å². The van der Waals surface area contributed by atoms with Crippen molar-refractivity contribution in [1.82, 2.24) is 4.90 Å². The number of benzene rings is 3. The topological polar surface area (TPSA) is 61.8 Å². The highest BCUT2D eigenvalue weighted by Crippen LogP contribution is 2.36. The number of hydrogen-bond donors (Lipinski definition) is 1. The van der Waals surface area contributed by atoms with Crippen molar-refractivity contribution in [2.75, 3.05) is 5.32 Å². The quantitative estimate of drug-likeness (QED) is 0.332. The van der Waals surface area contributed by atoms with E-state index >= 15 is 0 Å². The smallest absolute Gasteiger partial charge is 0.242 e. The molecule has 3 aromatic rings. The molecule has 0 radical (unpaired) electrons. The molecule has 0 unspecified atom stereocenters. The summed E-state index contributed by atoms with van der Waals surface area (Å²) in [5.41, 5.74) is 2.29. The number of hydrogen-bond acceptors (Lipinski definition) is 4. The number of amidine groups is 1. The standard InChI is InChI=1S/C29H32ClN3O2S/c1-18(2)15-16-19(3)33-28(35)26(17-27(34)31-24-13-8-12-23(30)20(24)4)36-29(33)32-25-14-7-10-21-9-5-6-11-22(21)25/h5-14,18-19,26H,15-17H2,1-4H3,(H,31,34)/t19-,26-/m0/s1. The first kappa shape index (κ1) is 26.2. The monoisotopic (exact) mass is 521 g/mol. The third-order valence-electron chi connectivity index (χ3n) is 6.46. The van der Waals surface area contributed by atoms with Gasteiger partial charge in [-0.3, -0.25) is 14.5 Å². The van der Waals surface area contributed by atoms with Crippen molar-refractivity contribution in [3.05, 3.63) is 71.2 Å². The van der Waals surface area contributed by atoms with Gasteiger partial charge in [0.15, 0.2) is 5.17 Å². The molecule has 0 saturated carbocycles. The largest absolute Gasteiger partial charge is 0.326 e. The van der Waals surface area contributed by atoms with Crippen LogP contribution in [0.25, 0.3) is 10.8 Å². The molecule has 2 atom stereocenters. The third kappa shape index (κ3) is 5.93. The molecule has 1 aliphatic rings. The molecule has 188 valence electrons. The molecule has 1 heterocycles. The van der Waals surface area contributed by atoms with Crippen LogP contribution in [0.4, 0.5) is 11.4 Å². The number of carbonyl (C=O) groups is 2. The Morgan fingerprint density at radius 1 is 1.06 bits per heavy atom. The zero-order chi connectivity index (χ0) is 25.8. The zero-order valence-corrected chi connectivity index (χ0v) is 22.7. The van der Waals surface area contributed by atoms with Crippen molar-refractivity contribution in [3.63, 3.8) is 0 Å². The highest BCUT2D eigenvalue weighted by molar-refractivity contribution is 8.15. The lowest BCUT2D eigenvalue weighted by molar-refractivity contribution is -0.129. The van der Waals surface area contributed by atoms with E-state index in [1.807, 2.05) is 43.3 Å². The van der Waals surface area contributed by atoms with Crippen molar-refractivity contribution in [3.8, 4) is 0 Å². The summed E-state index contributed by atoms with van der Waals surface area (Å²) >= 11 is 7.58. The van der Waals surface area contributed by atoms with Crippen LogP contribution in [-0.2, 0) is 9.59 Å². The Hall–Kier alpha value is -2.83. The van der Waals surface area contributed by atoms with Gasteiger partial charge in [-0.2, -0.15) is 0 Å². The minimum absolute atomic E-state index is 0.00985. The van der Waals surface area contributed by atoms with E-state index in [0.717, 1.165) is 34.9 Å². The van der Waals surface area contributed by atoms with E-state index in [4.69, 9.17) is 16.6 Å². The van der Waals surface area contributed by atoms with Crippen LogP contribution in [-0.4, -0.2) is 33.2 Å². The van der Waals surface area contributed by atoms with Crippen LogP contribution in [0.2, 0.25) is 5.02 Å². The first-order valence-corrected chi connectivity index (χ1v) is 13.6. The van der Waals surface area contributed by atoms with Crippen molar-refractivity contribution in [2.45, 2.75) is 58.2 Å². The first-order chi connectivity index (χ1) is 17.2. The van der Waals surface area contributed by atoms with E-state index < -0.39 is 5.25 Å². The predicted octanol–water partition coefficient (Wildman–Crippen LogP) is 7.59. The van der Waals surface area contributed by atoms with Crippen LogP contribution in [0.1, 0.15) is 45.6 Å². The molecule has 1 aliphatic heterocycles. The predicted molar refractivity (Wildman–Crippen MR) is 152 cm³/mol. The van der Waals surface area contributed by atoms with Crippen molar-refractivity contribution in [1.29, 1.82) is 0 Å². The Morgan fingerprint density at radius 3 is 2.56 bits per heavy atom. The minimum atomic E-state index is -0.528. The van der Waals surface area contributed by atoms with Gasteiger partial charge in [0.2, 0.25) is 11.8 Å². The van der Waals surface area contributed by atoms with E-state index in [1.165, 1.54) is 11.8 Å². The SMILES string of the molecule is Cc1c(Cl)cccc1NC(=O)C[C@@H]1SC(=Nc2cccc3ccccc23)N([C@@H](C)CCC(C)C)C1=O. The Bertz CT molecular complexity index is 1300. The molecule has 7 heteroatoms. The van der Waals surface area contributed by atoms with Gasteiger partial charge >= 0.3 is 0 Å². The average Bonchev–Trinajstić information content (AvgIpc) is 3.15. The molecule has 1 N–H and O–H groups in total. The van der Waals surface area contributed by atoms with Gasteiger partial charge in [-0.05, 0) is 61.8 Å². The number of anilines is 1. The van der Waals surface area contributed by atoms with Crippen LogP contribution < -0.4 is 5.32 Å². The summed E-state index contributed by atoms with van der Waals surface area (Å²) in [6.45, 7) is 8.30. The van der Waals surface area contributed by atoms with Crippen LogP contribution in [0, 0.1) is 12.8 Å². The van der Waals surface area contributed by atoms with Crippen molar-refractivity contribution < 1.29 is 9.59 Å². The van der Waals surface area contributed by atoms with Gasteiger partial charge in [0.05, 0.1) is 5.69 Å². The number of amides is 2.